The molecule has 1 rings (SSSR count). The van der Waals surface area contributed by atoms with Gasteiger partial charge in [-0.1, -0.05) is 0 Å². The number of aliphatic hydroxyl groups is 1. The lowest BCUT2D eigenvalue weighted by atomic mass is 10.3. The molecular weight excluding hydrogens is 206 g/mol. The Hall–Kier alpha value is -1.69. The van der Waals surface area contributed by atoms with Gasteiger partial charge in [0.25, 0.3) is 0 Å². The van der Waals surface area contributed by atoms with E-state index < -0.39 is 17.5 Å². The first kappa shape index (κ1) is 10.4. The van der Waals surface area contributed by atoms with E-state index in [4.69, 9.17) is 5.11 Å². The maximum Gasteiger partial charge on any atom is 0.373 e. The lowest BCUT2D eigenvalue weighted by Crippen LogP contribution is -2.06. The Morgan fingerprint density at radius 1 is 1.64 bits per heavy atom. The van der Waals surface area contributed by atoms with Crippen molar-refractivity contribution in [3.63, 3.8) is 0 Å². The number of ketones is 1. The summed E-state index contributed by atoms with van der Waals surface area (Å²) in [5, 5.41) is 9.04. The number of nitrogens with zero attached hydrogens (tertiary/aromatic N) is 1. The monoisotopic (exact) mass is 213 g/mol. The molecule has 0 aromatic carbocycles. The van der Waals surface area contributed by atoms with E-state index >= 15 is 0 Å². The van der Waals surface area contributed by atoms with Crippen molar-refractivity contribution < 1.29 is 19.4 Å². The molecule has 0 spiro atoms. The van der Waals surface area contributed by atoms with Gasteiger partial charge in [-0.25, -0.2) is 9.17 Å². The van der Waals surface area contributed by atoms with Crippen LogP contribution < -0.4 is 0 Å². The molecule has 0 aliphatic heterocycles. The quantitative estimate of drug-likeness (QED) is 0.350. The van der Waals surface area contributed by atoms with Crippen molar-refractivity contribution in [3.8, 4) is 0 Å². The average molecular weight is 213 g/mol. The smallest absolute Gasteiger partial charge is 0.373 e. The largest absolute Gasteiger partial charge is 0.502 e. The number of carbonyl (C=O) groups excluding carboxylic acids is 2. The van der Waals surface area contributed by atoms with Crippen LogP contribution in [0, 0.1) is 0 Å². The molecule has 1 aromatic heterocycles. The number of aromatic nitrogens is 1. The molecule has 0 radical (unpaired) electrons. The molecular formula is C8H7NO4S. The van der Waals surface area contributed by atoms with E-state index in [0.717, 1.165) is 24.7 Å². The van der Waals surface area contributed by atoms with Crippen LogP contribution in [0.5, 0.6) is 0 Å². The SMILES string of the molecule is COC(=O)C(O)=CC(=O)c1ccns1. The minimum atomic E-state index is -0.942. The fourth-order valence-electron chi connectivity index (χ4n) is 0.702. The molecule has 1 aromatic rings. The lowest BCUT2D eigenvalue weighted by Gasteiger charge is -1.95. The second-order valence-electron chi connectivity index (χ2n) is 2.26. The number of aliphatic hydroxyl groups excluding tert-OH is 1. The van der Waals surface area contributed by atoms with Crippen LogP contribution in [0.3, 0.4) is 0 Å². The number of hydrogen-bond donors (Lipinski definition) is 1. The van der Waals surface area contributed by atoms with E-state index in [1.807, 2.05) is 0 Å². The molecule has 1 N–H and O–H groups in total. The molecule has 0 unspecified atom stereocenters. The molecule has 0 atom stereocenters. The first-order valence-corrected chi connectivity index (χ1v) is 4.36. The zero-order valence-corrected chi connectivity index (χ0v) is 8.08. The van der Waals surface area contributed by atoms with Gasteiger partial charge in [-0.2, -0.15) is 0 Å². The van der Waals surface area contributed by atoms with Crippen LogP contribution in [0.4, 0.5) is 0 Å². The number of esters is 1. The van der Waals surface area contributed by atoms with Gasteiger partial charge < -0.3 is 9.84 Å². The van der Waals surface area contributed by atoms with Crippen molar-refractivity contribution in [2.75, 3.05) is 7.11 Å². The van der Waals surface area contributed by atoms with Gasteiger partial charge in [0.1, 0.15) is 0 Å². The van der Waals surface area contributed by atoms with Crippen molar-refractivity contribution in [3.05, 3.63) is 29.0 Å². The Balaban J connectivity index is 2.78. The summed E-state index contributed by atoms with van der Waals surface area (Å²) < 4.78 is 7.92. The normalized spacial score (nSPS) is 11.1. The van der Waals surface area contributed by atoms with Gasteiger partial charge in [0, 0.05) is 12.3 Å². The fourth-order valence-corrected chi connectivity index (χ4v) is 1.21. The van der Waals surface area contributed by atoms with Gasteiger partial charge in [0.2, 0.25) is 11.5 Å². The minimum Gasteiger partial charge on any atom is -0.502 e. The third-order valence-corrected chi connectivity index (χ3v) is 2.10. The van der Waals surface area contributed by atoms with Crippen LogP contribution in [0.2, 0.25) is 0 Å². The maximum absolute atomic E-state index is 11.3. The minimum absolute atomic E-state index is 0.348. The standard InChI is InChI=1S/C8H7NO4S/c1-13-8(12)6(11)4-5(10)7-2-3-9-14-7/h2-4,11H,1H3. The highest BCUT2D eigenvalue weighted by Gasteiger charge is 2.11. The number of hydrogen-bond acceptors (Lipinski definition) is 6. The number of rotatable bonds is 3. The van der Waals surface area contributed by atoms with E-state index in [2.05, 4.69) is 9.11 Å². The Morgan fingerprint density at radius 3 is 2.86 bits per heavy atom. The van der Waals surface area contributed by atoms with Gasteiger partial charge in [0.05, 0.1) is 12.0 Å². The number of allylic oxidation sites excluding steroid dienone is 1. The molecule has 5 nitrogen and oxygen atoms in total. The van der Waals surface area contributed by atoms with Gasteiger partial charge in [-0.3, -0.25) is 4.79 Å². The third kappa shape index (κ3) is 2.40. The summed E-state index contributed by atoms with van der Waals surface area (Å²) in [6, 6.07) is 1.49. The molecule has 0 aliphatic rings. The summed E-state index contributed by atoms with van der Waals surface area (Å²) >= 11 is 0.985. The number of ether oxygens (including phenoxy) is 1. The summed E-state index contributed by atoms with van der Waals surface area (Å²) in [5.41, 5.74) is 0. The fraction of sp³-hybridized carbons (Fsp3) is 0.125. The van der Waals surface area contributed by atoms with Crippen molar-refractivity contribution >= 4 is 23.3 Å². The topological polar surface area (TPSA) is 76.5 Å². The van der Waals surface area contributed by atoms with Crippen LogP contribution in [0.15, 0.2) is 24.1 Å². The summed E-state index contributed by atoms with van der Waals surface area (Å²) in [5.74, 6) is -2.14. The summed E-state index contributed by atoms with van der Waals surface area (Å²) in [6.07, 6.45) is 2.26. The maximum atomic E-state index is 11.3. The van der Waals surface area contributed by atoms with E-state index in [9.17, 15) is 9.59 Å². The number of methoxy groups -OCH3 is 1. The first-order valence-electron chi connectivity index (χ1n) is 3.59. The number of carbonyl (C=O) groups is 2. The van der Waals surface area contributed by atoms with E-state index in [1.54, 1.807) is 0 Å². The zero-order valence-electron chi connectivity index (χ0n) is 7.26. The van der Waals surface area contributed by atoms with Crippen LogP contribution >= 0.6 is 11.5 Å². The molecule has 0 saturated carbocycles. The molecule has 0 fully saturated rings. The highest BCUT2D eigenvalue weighted by atomic mass is 32.1. The highest BCUT2D eigenvalue weighted by Crippen LogP contribution is 2.07. The molecule has 14 heavy (non-hydrogen) atoms. The predicted molar refractivity (Wildman–Crippen MR) is 49.2 cm³/mol. The third-order valence-electron chi connectivity index (χ3n) is 1.34. The van der Waals surface area contributed by atoms with Crippen LogP contribution in [-0.4, -0.2) is 28.3 Å². The molecule has 0 amide bonds. The van der Waals surface area contributed by atoms with E-state index in [1.165, 1.54) is 12.3 Å². The molecule has 1 heterocycles. The van der Waals surface area contributed by atoms with Gasteiger partial charge in [0.15, 0.2) is 0 Å². The Bertz CT molecular complexity index is 369. The Morgan fingerprint density at radius 2 is 2.36 bits per heavy atom. The van der Waals surface area contributed by atoms with E-state index in [-0.39, 0.29) is 0 Å². The Labute approximate surface area is 83.8 Å². The molecule has 0 saturated heterocycles. The molecule has 0 bridgehead atoms. The van der Waals surface area contributed by atoms with Crippen LogP contribution in [-0.2, 0) is 9.53 Å². The predicted octanol–water partition coefficient (Wildman–Crippen LogP) is 0.941. The molecule has 0 aliphatic carbocycles. The van der Waals surface area contributed by atoms with Crippen LogP contribution in [0.25, 0.3) is 0 Å². The first-order chi connectivity index (χ1) is 6.65. The molecule has 74 valence electrons. The van der Waals surface area contributed by atoms with Crippen molar-refractivity contribution in [1.29, 1.82) is 0 Å². The summed E-state index contributed by atoms with van der Waals surface area (Å²) in [7, 11) is 1.11. The van der Waals surface area contributed by atoms with Gasteiger partial charge in [-0.15, -0.1) is 0 Å². The second-order valence-corrected chi connectivity index (χ2v) is 3.10. The Kier molecular flexibility index (Phi) is 3.35. The van der Waals surface area contributed by atoms with Crippen LogP contribution in [0.1, 0.15) is 9.67 Å². The summed E-state index contributed by atoms with van der Waals surface area (Å²) in [4.78, 5) is 22.3. The average Bonchev–Trinajstić information content (AvgIpc) is 2.69. The zero-order chi connectivity index (χ0) is 10.6. The lowest BCUT2D eigenvalue weighted by molar-refractivity contribution is -0.139. The van der Waals surface area contributed by atoms with Crippen molar-refractivity contribution in [1.82, 2.24) is 4.37 Å². The van der Waals surface area contributed by atoms with Gasteiger partial charge in [-0.05, 0) is 17.6 Å². The van der Waals surface area contributed by atoms with E-state index in [0.29, 0.717) is 4.88 Å². The van der Waals surface area contributed by atoms with Gasteiger partial charge >= 0.3 is 5.97 Å². The highest BCUT2D eigenvalue weighted by molar-refractivity contribution is 7.08. The van der Waals surface area contributed by atoms with Crippen molar-refractivity contribution in [2.45, 2.75) is 0 Å². The molecule has 6 heteroatoms. The van der Waals surface area contributed by atoms with Crippen molar-refractivity contribution in [2.24, 2.45) is 0 Å². The second kappa shape index (κ2) is 4.52. The summed E-state index contributed by atoms with van der Waals surface area (Å²) in [6.45, 7) is 0.